The minimum atomic E-state index is -0.550. The first kappa shape index (κ1) is 29.3. The minimum Gasteiger partial charge on any atom is -0.465 e. The zero-order chi connectivity index (χ0) is 27.4. The number of nitrogens with zero attached hydrogens (tertiary/aromatic N) is 1. The van der Waals surface area contributed by atoms with E-state index in [1.54, 1.807) is 24.3 Å². The maximum Gasteiger partial charge on any atom is 0.337 e. The van der Waals surface area contributed by atoms with Crippen LogP contribution in [0.25, 0.3) is 17.1 Å². The second-order valence-electron chi connectivity index (χ2n) is 7.28. The Bertz CT molecular complexity index is 1290. The van der Waals surface area contributed by atoms with Gasteiger partial charge in [0.2, 0.25) is 11.8 Å². The van der Waals surface area contributed by atoms with Gasteiger partial charge in [-0.3, -0.25) is 9.59 Å². The smallest absolute Gasteiger partial charge is 0.337 e. The van der Waals surface area contributed by atoms with Gasteiger partial charge < -0.3 is 25.1 Å². The number of nitrogens with one attached hydrogen (secondary N) is 3. The highest BCUT2D eigenvalue weighted by Gasteiger charge is 2.14. The van der Waals surface area contributed by atoms with E-state index in [4.69, 9.17) is 23.2 Å². The number of H-pyrrole nitrogens is 1. The summed E-state index contributed by atoms with van der Waals surface area (Å²) in [6, 6.07) is 9.58. The van der Waals surface area contributed by atoms with Crippen molar-refractivity contribution in [1.82, 2.24) is 9.97 Å². The Hall–Kier alpha value is -3.89. The van der Waals surface area contributed by atoms with Gasteiger partial charge in [-0.1, -0.05) is 6.58 Å². The van der Waals surface area contributed by atoms with E-state index in [9.17, 15) is 19.2 Å². The fraction of sp³-hybridized carbons (Fsp3) is 0.240. The van der Waals surface area contributed by atoms with Gasteiger partial charge in [-0.05, 0) is 42.5 Å². The van der Waals surface area contributed by atoms with Crippen LogP contribution in [0, 0.1) is 0 Å². The van der Waals surface area contributed by atoms with Gasteiger partial charge in [-0.25, -0.2) is 14.6 Å². The summed E-state index contributed by atoms with van der Waals surface area (Å²) in [5.41, 5.74) is 3.01. The number of hydrogen-bond donors (Lipinski definition) is 3. The second kappa shape index (κ2) is 14.6. The molecule has 0 atom stereocenters. The number of esters is 2. The predicted octanol–water partition coefficient (Wildman–Crippen LogP) is 4.60. The van der Waals surface area contributed by atoms with Gasteiger partial charge in [-0.2, -0.15) is 0 Å². The molecule has 1 heterocycles. The molecule has 0 aliphatic heterocycles. The Morgan fingerprint density at radius 1 is 0.892 bits per heavy atom. The quantitative estimate of drug-likeness (QED) is 0.262. The molecule has 1 aromatic heterocycles. The molecule has 2 amide bonds. The normalized spacial score (nSPS) is 10.1. The number of imidazole rings is 1. The summed E-state index contributed by atoms with van der Waals surface area (Å²) in [5, 5.41) is 5.22. The molecule has 0 radical (unpaired) electrons. The maximum absolute atomic E-state index is 11.7. The monoisotopic (exact) mass is 548 g/mol. The van der Waals surface area contributed by atoms with E-state index in [1.165, 1.54) is 32.4 Å². The molecule has 0 saturated heterocycles. The van der Waals surface area contributed by atoms with Gasteiger partial charge >= 0.3 is 11.9 Å². The Morgan fingerprint density at radius 2 is 1.43 bits per heavy atom. The number of rotatable bonds is 9. The number of halogens is 2. The van der Waals surface area contributed by atoms with E-state index in [0.717, 1.165) is 11.0 Å². The molecule has 0 fully saturated rings. The number of anilines is 2. The molecule has 0 aliphatic rings. The lowest BCUT2D eigenvalue weighted by Crippen LogP contribution is -2.17. The van der Waals surface area contributed by atoms with Crippen LogP contribution in [0.5, 0.6) is 0 Å². The third-order valence-electron chi connectivity index (χ3n) is 4.75. The first-order valence-electron chi connectivity index (χ1n) is 10.9. The van der Waals surface area contributed by atoms with Gasteiger partial charge in [0.05, 0.1) is 47.8 Å². The van der Waals surface area contributed by atoms with Gasteiger partial charge in [0.1, 0.15) is 5.82 Å². The van der Waals surface area contributed by atoms with Crippen molar-refractivity contribution in [3.05, 3.63) is 59.9 Å². The lowest BCUT2D eigenvalue weighted by atomic mass is 10.1. The average Bonchev–Trinajstić information content (AvgIpc) is 3.32. The molecular formula is C25H26Cl2N4O6. The fourth-order valence-corrected chi connectivity index (χ4v) is 3.31. The number of methoxy groups -OCH3 is 2. The number of fused-ring (bicyclic) bond motifs is 1. The van der Waals surface area contributed by atoms with Crippen LogP contribution in [-0.4, -0.2) is 59.7 Å². The molecule has 37 heavy (non-hydrogen) atoms. The minimum absolute atomic E-state index is 0.110. The lowest BCUT2D eigenvalue weighted by Gasteiger charge is -2.13. The number of carbonyl (C=O) groups is 4. The molecular weight excluding hydrogens is 523 g/mol. The van der Waals surface area contributed by atoms with Crippen molar-refractivity contribution in [3.63, 3.8) is 0 Å². The van der Waals surface area contributed by atoms with Crippen LogP contribution in [0.1, 0.15) is 39.4 Å². The fourth-order valence-electron chi connectivity index (χ4n) is 2.97. The van der Waals surface area contributed by atoms with Gasteiger partial charge in [0, 0.05) is 24.6 Å². The van der Waals surface area contributed by atoms with E-state index in [-0.39, 0.29) is 47.9 Å². The van der Waals surface area contributed by atoms with Gasteiger partial charge in [0.25, 0.3) is 0 Å². The number of aromatic nitrogens is 2. The van der Waals surface area contributed by atoms with Gasteiger partial charge in [0.15, 0.2) is 0 Å². The number of amides is 2. The summed E-state index contributed by atoms with van der Waals surface area (Å²) in [6.07, 6.45) is 1.87. The summed E-state index contributed by atoms with van der Waals surface area (Å²) < 4.78 is 9.25. The van der Waals surface area contributed by atoms with Crippen LogP contribution in [0.4, 0.5) is 11.4 Å². The lowest BCUT2D eigenvalue weighted by molar-refractivity contribution is -0.116. The molecule has 2 aromatic carbocycles. The number of aromatic amines is 1. The van der Waals surface area contributed by atoms with Crippen molar-refractivity contribution in [2.75, 3.05) is 36.6 Å². The number of benzene rings is 2. The first-order chi connectivity index (χ1) is 17.8. The molecule has 3 aromatic rings. The van der Waals surface area contributed by atoms with Crippen molar-refractivity contribution in [1.29, 1.82) is 0 Å². The molecule has 3 N–H and O–H groups in total. The third kappa shape index (κ3) is 8.62. The zero-order valence-corrected chi connectivity index (χ0v) is 21.7. The van der Waals surface area contributed by atoms with E-state index in [1.807, 2.05) is 0 Å². The van der Waals surface area contributed by atoms with Crippen LogP contribution in [0.3, 0.4) is 0 Å². The van der Waals surface area contributed by atoms with E-state index < -0.39 is 5.97 Å². The third-order valence-corrected chi connectivity index (χ3v) is 5.12. The second-order valence-corrected chi connectivity index (χ2v) is 8.03. The Labute approximate surface area is 223 Å². The van der Waals surface area contributed by atoms with Crippen LogP contribution in [0.2, 0.25) is 0 Å². The van der Waals surface area contributed by atoms with Crippen molar-refractivity contribution in [2.24, 2.45) is 0 Å². The molecule has 0 bridgehead atoms. The van der Waals surface area contributed by atoms with Crippen LogP contribution in [-0.2, 0) is 19.1 Å². The zero-order valence-electron chi connectivity index (χ0n) is 20.2. The Balaban J connectivity index is 0.000000278. The summed E-state index contributed by atoms with van der Waals surface area (Å²) in [6.45, 7) is 3.61. The Morgan fingerprint density at radius 3 is 1.97 bits per heavy atom. The molecule has 12 heteroatoms. The highest BCUT2D eigenvalue weighted by Crippen LogP contribution is 2.24. The molecule has 196 valence electrons. The van der Waals surface area contributed by atoms with Gasteiger partial charge in [-0.15, -0.1) is 23.2 Å². The van der Waals surface area contributed by atoms with Crippen LogP contribution >= 0.6 is 23.2 Å². The Kier molecular flexibility index (Phi) is 11.6. The molecule has 0 aliphatic carbocycles. The average molecular weight is 549 g/mol. The van der Waals surface area contributed by atoms with Crippen molar-refractivity contribution >= 4 is 75.4 Å². The molecule has 0 unspecified atom stereocenters. The SMILES string of the molecule is C=Cc1nc2ccc(C(=O)OC)cc2[nH]1.COC(=O)c1ccc(NC(=O)CCCl)c(NC(=O)CCCl)c1. The summed E-state index contributed by atoms with van der Waals surface area (Å²) >= 11 is 11.0. The highest BCUT2D eigenvalue weighted by molar-refractivity contribution is 6.20. The summed E-state index contributed by atoms with van der Waals surface area (Å²) in [5.74, 6) is -0.500. The molecule has 0 saturated carbocycles. The highest BCUT2D eigenvalue weighted by atomic mass is 35.5. The maximum atomic E-state index is 11.7. The van der Waals surface area contributed by atoms with E-state index in [2.05, 4.69) is 36.7 Å². The predicted molar refractivity (Wildman–Crippen MR) is 143 cm³/mol. The molecule has 0 spiro atoms. The number of alkyl halides is 2. The number of carbonyl (C=O) groups excluding carboxylic acids is 4. The number of ether oxygens (including phenoxy) is 2. The van der Waals surface area contributed by atoms with Crippen LogP contribution in [0.15, 0.2) is 43.0 Å². The van der Waals surface area contributed by atoms with Crippen LogP contribution < -0.4 is 10.6 Å². The summed E-state index contributed by atoms with van der Waals surface area (Å²) in [7, 11) is 2.61. The number of hydrogen-bond acceptors (Lipinski definition) is 7. The molecule has 10 nitrogen and oxygen atoms in total. The van der Waals surface area contributed by atoms with Crippen molar-refractivity contribution < 1.29 is 28.7 Å². The standard InChI is InChI=1S/C14H16Cl2N2O4.C11H10N2O2/c1-22-14(21)9-2-3-10(17-12(19)4-6-15)11(8-9)18-13(20)5-7-16;1-3-10-12-8-5-4-7(11(14)15-2)6-9(8)13-10/h2-3,8H,4-7H2,1H3,(H,17,19)(H,18,20);3-6H,1H2,2H3,(H,12,13). The molecule has 3 rings (SSSR count). The largest absolute Gasteiger partial charge is 0.465 e. The van der Waals surface area contributed by atoms with E-state index >= 15 is 0 Å². The first-order valence-corrected chi connectivity index (χ1v) is 12.0. The van der Waals surface area contributed by atoms with E-state index in [0.29, 0.717) is 22.8 Å². The van der Waals surface area contributed by atoms with Crippen molar-refractivity contribution in [3.8, 4) is 0 Å². The van der Waals surface area contributed by atoms with Crippen molar-refractivity contribution in [2.45, 2.75) is 12.8 Å². The topological polar surface area (TPSA) is 139 Å². The summed E-state index contributed by atoms with van der Waals surface area (Å²) in [4.78, 5) is 53.4.